The minimum atomic E-state index is -4.56. The second-order valence-corrected chi connectivity index (χ2v) is 4.97. The Labute approximate surface area is 123 Å². The molecular weight excluding hydrogens is 309 g/mol. The van der Waals surface area contributed by atoms with E-state index in [-0.39, 0.29) is 6.42 Å². The van der Waals surface area contributed by atoms with E-state index in [1.54, 1.807) is 24.4 Å². The van der Waals surface area contributed by atoms with Crippen LogP contribution in [0.25, 0.3) is 10.9 Å². The first-order valence-electron chi connectivity index (χ1n) is 6.01. The Morgan fingerprint density at radius 2 is 2.14 bits per heavy atom. The van der Waals surface area contributed by atoms with Crippen LogP contribution < -0.4 is 5.73 Å². The Morgan fingerprint density at radius 1 is 1.43 bits per heavy atom. The molecular formula is C13H12ClF3N2O2. The van der Waals surface area contributed by atoms with Gasteiger partial charge in [-0.05, 0) is 17.7 Å². The standard InChI is InChI=1S/C13H12ClF3N2O2/c14-8-1-2-9-7(5-19-11(9)4-8)3-10(18)12(20)21-6-13(15,16)17/h1-2,4-5,10,19H,3,6,18H2/t10-/m0/s1. The average molecular weight is 321 g/mol. The fourth-order valence-corrected chi connectivity index (χ4v) is 2.08. The summed E-state index contributed by atoms with van der Waals surface area (Å²) in [7, 11) is 0. The SMILES string of the molecule is N[C@@H](Cc1c[nH]c2cc(Cl)ccc12)C(=O)OCC(F)(F)F. The molecule has 0 aliphatic heterocycles. The maximum absolute atomic E-state index is 12.0. The maximum Gasteiger partial charge on any atom is 0.422 e. The highest BCUT2D eigenvalue weighted by atomic mass is 35.5. The quantitative estimate of drug-likeness (QED) is 0.851. The average Bonchev–Trinajstić information content (AvgIpc) is 2.77. The van der Waals surface area contributed by atoms with Crippen LogP contribution in [0, 0.1) is 0 Å². The summed E-state index contributed by atoms with van der Waals surface area (Å²) in [6.07, 6.45) is -2.86. The van der Waals surface area contributed by atoms with Crippen molar-refractivity contribution >= 4 is 28.5 Å². The lowest BCUT2D eigenvalue weighted by Gasteiger charge is -2.12. The van der Waals surface area contributed by atoms with E-state index in [0.717, 1.165) is 10.9 Å². The van der Waals surface area contributed by atoms with E-state index in [0.29, 0.717) is 10.6 Å². The van der Waals surface area contributed by atoms with Crippen molar-refractivity contribution in [3.05, 3.63) is 35.0 Å². The number of carbonyl (C=O) groups excluding carboxylic acids is 1. The van der Waals surface area contributed by atoms with E-state index in [1.165, 1.54) is 0 Å². The molecule has 114 valence electrons. The minimum absolute atomic E-state index is 0.0678. The molecule has 0 aliphatic carbocycles. The van der Waals surface area contributed by atoms with Crippen molar-refractivity contribution in [3.8, 4) is 0 Å². The van der Waals surface area contributed by atoms with Crippen LogP contribution in [0.1, 0.15) is 5.56 Å². The third-order valence-corrected chi connectivity index (χ3v) is 3.09. The van der Waals surface area contributed by atoms with Gasteiger partial charge in [0.2, 0.25) is 0 Å². The first kappa shape index (κ1) is 15.7. The Hall–Kier alpha value is -1.73. The van der Waals surface area contributed by atoms with Crippen LogP contribution in [-0.2, 0) is 16.0 Å². The zero-order valence-electron chi connectivity index (χ0n) is 10.7. The number of ether oxygens (including phenoxy) is 1. The lowest BCUT2D eigenvalue weighted by atomic mass is 10.1. The molecule has 0 saturated carbocycles. The summed E-state index contributed by atoms with van der Waals surface area (Å²) in [6, 6.07) is 3.96. The Balaban J connectivity index is 2.04. The minimum Gasteiger partial charge on any atom is -0.455 e. The van der Waals surface area contributed by atoms with Crippen LogP contribution in [0.4, 0.5) is 13.2 Å². The molecule has 0 saturated heterocycles. The van der Waals surface area contributed by atoms with Crippen molar-refractivity contribution in [1.29, 1.82) is 0 Å². The van der Waals surface area contributed by atoms with E-state index in [1.807, 2.05) is 0 Å². The van der Waals surface area contributed by atoms with Crippen LogP contribution in [0.2, 0.25) is 5.02 Å². The predicted molar refractivity (Wildman–Crippen MR) is 72.0 cm³/mol. The largest absolute Gasteiger partial charge is 0.455 e. The number of nitrogens with one attached hydrogen (secondary N) is 1. The Kier molecular flexibility index (Phi) is 4.43. The van der Waals surface area contributed by atoms with Gasteiger partial charge in [-0.3, -0.25) is 4.79 Å². The molecule has 3 N–H and O–H groups in total. The lowest BCUT2D eigenvalue weighted by Crippen LogP contribution is -2.36. The van der Waals surface area contributed by atoms with Crippen LogP contribution in [0.3, 0.4) is 0 Å². The first-order chi connectivity index (χ1) is 9.76. The molecule has 0 radical (unpaired) electrons. The molecule has 0 unspecified atom stereocenters. The van der Waals surface area contributed by atoms with Crippen molar-refractivity contribution in [3.63, 3.8) is 0 Å². The fraction of sp³-hybridized carbons (Fsp3) is 0.308. The lowest BCUT2D eigenvalue weighted by molar-refractivity contribution is -0.187. The smallest absolute Gasteiger partial charge is 0.422 e. The fourth-order valence-electron chi connectivity index (χ4n) is 1.91. The van der Waals surface area contributed by atoms with Crippen molar-refractivity contribution < 1.29 is 22.7 Å². The zero-order chi connectivity index (χ0) is 15.6. The number of hydrogen-bond acceptors (Lipinski definition) is 3. The number of aromatic amines is 1. The van der Waals surface area contributed by atoms with Gasteiger partial charge in [0.1, 0.15) is 6.04 Å². The van der Waals surface area contributed by atoms with Gasteiger partial charge in [-0.25, -0.2) is 0 Å². The third-order valence-electron chi connectivity index (χ3n) is 2.85. The Morgan fingerprint density at radius 3 is 2.81 bits per heavy atom. The van der Waals surface area contributed by atoms with Crippen LogP contribution >= 0.6 is 11.6 Å². The second kappa shape index (κ2) is 5.95. The molecule has 4 nitrogen and oxygen atoms in total. The normalized spacial score (nSPS) is 13.4. The topological polar surface area (TPSA) is 68.1 Å². The second-order valence-electron chi connectivity index (χ2n) is 4.54. The molecule has 1 heterocycles. The summed E-state index contributed by atoms with van der Waals surface area (Å²) in [5.74, 6) is -1.09. The highest BCUT2D eigenvalue weighted by molar-refractivity contribution is 6.31. The zero-order valence-corrected chi connectivity index (χ0v) is 11.5. The van der Waals surface area contributed by atoms with Crippen molar-refractivity contribution in [2.24, 2.45) is 5.73 Å². The number of H-pyrrole nitrogens is 1. The number of nitrogens with two attached hydrogens (primary N) is 1. The van der Waals surface area contributed by atoms with E-state index in [4.69, 9.17) is 17.3 Å². The molecule has 8 heteroatoms. The maximum atomic E-state index is 12.0. The van der Waals surface area contributed by atoms with Crippen molar-refractivity contribution in [2.75, 3.05) is 6.61 Å². The van der Waals surface area contributed by atoms with Gasteiger partial charge in [-0.15, -0.1) is 0 Å². The van der Waals surface area contributed by atoms with Gasteiger partial charge in [-0.2, -0.15) is 13.2 Å². The van der Waals surface area contributed by atoms with Crippen LogP contribution in [0.5, 0.6) is 0 Å². The molecule has 2 aromatic rings. The molecule has 1 aromatic heterocycles. The van der Waals surface area contributed by atoms with Gasteiger partial charge < -0.3 is 15.5 Å². The molecule has 0 aliphatic rings. The van der Waals surface area contributed by atoms with Crippen LogP contribution in [-0.4, -0.2) is 29.8 Å². The summed E-state index contributed by atoms with van der Waals surface area (Å²) >= 11 is 5.84. The van der Waals surface area contributed by atoms with Gasteiger partial charge in [0.25, 0.3) is 0 Å². The molecule has 0 fully saturated rings. The molecule has 2 rings (SSSR count). The number of alkyl halides is 3. The van der Waals surface area contributed by atoms with Crippen molar-refractivity contribution in [2.45, 2.75) is 18.6 Å². The summed E-state index contributed by atoms with van der Waals surface area (Å²) in [4.78, 5) is 14.4. The highest BCUT2D eigenvalue weighted by Crippen LogP contribution is 2.23. The molecule has 0 bridgehead atoms. The number of halogens is 4. The number of rotatable bonds is 4. The molecule has 0 amide bonds. The number of fused-ring (bicyclic) bond motifs is 1. The van der Waals surface area contributed by atoms with Crippen LogP contribution in [0.15, 0.2) is 24.4 Å². The number of aromatic nitrogens is 1. The van der Waals surface area contributed by atoms with Gasteiger partial charge in [0.15, 0.2) is 6.61 Å². The number of hydrogen-bond donors (Lipinski definition) is 2. The molecule has 1 atom stereocenters. The van der Waals surface area contributed by atoms with E-state index in [9.17, 15) is 18.0 Å². The van der Waals surface area contributed by atoms with Gasteiger partial charge in [-0.1, -0.05) is 17.7 Å². The van der Waals surface area contributed by atoms with Crippen molar-refractivity contribution in [1.82, 2.24) is 4.98 Å². The van der Waals surface area contributed by atoms with E-state index >= 15 is 0 Å². The summed E-state index contributed by atoms with van der Waals surface area (Å²) in [6.45, 7) is -1.64. The summed E-state index contributed by atoms with van der Waals surface area (Å²) < 4.78 is 40.0. The summed E-state index contributed by atoms with van der Waals surface area (Å²) in [5, 5.41) is 1.35. The predicted octanol–water partition coefficient (Wildman–Crippen LogP) is 2.80. The van der Waals surface area contributed by atoms with Gasteiger partial charge in [0, 0.05) is 28.5 Å². The highest BCUT2D eigenvalue weighted by Gasteiger charge is 2.30. The summed E-state index contributed by atoms with van der Waals surface area (Å²) in [5.41, 5.74) is 7.04. The molecule has 21 heavy (non-hydrogen) atoms. The third kappa shape index (κ3) is 4.12. The molecule has 1 aromatic carbocycles. The number of benzene rings is 1. The van der Waals surface area contributed by atoms with Gasteiger partial charge >= 0.3 is 12.1 Å². The Bertz CT molecular complexity index is 654. The molecule has 0 spiro atoms. The van der Waals surface area contributed by atoms with E-state index < -0.39 is 24.8 Å². The monoisotopic (exact) mass is 320 g/mol. The number of carbonyl (C=O) groups is 1. The van der Waals surface area contributed by atoms with E-state index in [2.05, 4.69) is 9.72 Å². The first-order valence-corrected chi connectivity index (χ1v) is 6.38. The van der Waals surface area contributed by atoms with Gasteiger partial charge in [0.05, 0.1) is 0 Å². The number of esters is 1.